The second kappa shape index (κ2) is 6.80. The van der Waals surface area contributed by atoms with Gasteiger partial charge in [0.25, 0.3) is 5.91 Å². The molecule has 5 nitrogen and oxygen atoms in total. The fourth-order valence-corrected chi connectivity index (χ4v) is 2.63. The third-order valence-electron chi connectivity index (χ3n) is 3.87. The van der Waals surface area contributed by atoms with E-state index in [-0.39, 0.29) is 18.1 Å². The number of ether oxygens (including phenoxy) is 2. The van der Waals surface area contributed by atoms with Crippen LogP contribution < -0.4 is 10.5 Å². The molecule has 5 heteroatoms. The number of nitrogens with zero attached hydrogens (tertiary/aromatic N) is 1. The summed E-state index contributed by atoms with van der Waals surface area (Å²) in [6.07, 6.45) is 4.35. The molecular weight excluding hydrogens is 268 g/mol. The monoisotopic (exact) mass is 292 g/mol. The number of nitrogen functional groups attached to an aromatic ring is 1. The van der Waals surface area contributed by atoms with E-state index in [9.17, 15) is 4.79 Å². The van der Waals surface area contributed by atoms with Crippen LogP contribution in [0.3, 0.4) is 0 Å². The first-order valence-corrected chi connectivity index (χ1v) is 7.32. The van der Waals surface area contributed by atoms with Gasteiger partial charge in [0.15, 0.2) is 0 Å². The van der Waals surface area contributed by atoms with Crippen molar-refractivity contribution >= 4 is 11.6 Å². The zero-order valence-corrected chi connectivity index (χ0v) is 13.0. The molecule has 0 saturated heterocycles. The summed E-state index contributed by atoms with van der Waals surface area (Å²) in [6.45, 7) is 0. The molecule has 0 aliphatic heterocycles. The summed E-state index contributed by atoms with van der Waals surface area (Å²) in [5.74, 6) is 0.530. The third-order valence-corrected chi connectivity index (χ3v) is 3.87. The lowest BCUT2D eigenvalue weighted by Crippen LogP contribution is -2.29. The third kappa shape index (κ3) is 3.88. The van der Waals surface area contributed by atoms with E-state index in [4.69, 9.17) is 15.2 Å². The Morgan fingerprint density at radius 1 is 1.29 bits per heavy atom. The van der Waals surface area contributed by atoms with Crippen molar-refractivity contribution in [2.75, 3.05) is 26.9 Å². The van der Waals surface area contributed by atoms with Crippen molar-refractivity contribution in [3.05, 3.63) is 23.8 Å². The molecular formula is C16H24N2O3. The zero-order chi connectivity index (χ0) is 15.4. The lowest BCUT2D eigenvalue weighted by molar-refractivity contribution is 0.0211. The minimum Gasteiger partial charge on any atom is -0.488 e. The predicted molar refractivity (Wildman–Crippen MR) is 82.6 cm³/mol. The highest BCUT2D eigenvalue weighted by molar-refractivity contribution is 5.94. The van der Waals surface area contributed by atoms with Gasteiger partial charge in [0.05, 0.1) is 11.8 Å². The molecule has 1 aromatic rings. The van der Waals surface area contributed by atoms with E-state index < -0.39 is 0 Å². The summed E-state index contributed by atoms with van der Waals surface area (Å²) < 4.78 is 11.4. The molecule has 116 valence electrons. The highest BCUT2D eigenvalue weighted by Gasteiger charge is 2.24. The van der Waals surface area contributed by atoms with Crippen LogP contribution in [-0.4, -0.2) is 44.2 Å². The average Bonchev–Trinajstić information content (AvgIpc) is 2.49. The molecule has 2 atom stereocenters. The molecule has 1 aliphatic carbocycles. The quantitative estimate of drug-likeness (QED) is 0.865. The van der Waals surface area contributed by atoms with Crippen LogP contribution in [0.25, 0.3) is 0 Å². The van der Waals surface area contributed by atoms with Crippen molar-refractivity contribution < 1.29 is 14.3 Å². The summed E-state index contributed by atoms with van der Waals surface area (Å²) in [6, 6.07) is 5.18. The van der Waals surface area contributed by atoms with E-state index in [1.807, 2.05) is 0 Å². The van der Waals surface area contributed by atoms with Gasteiger partial charge in [-0.1, -0.05) is 0 Å². The van der Waals surface area contributed by atoms with E-state index in [0.717, 1.165) is 25.7 Å². The molecule has 1 saturated carbocycles. The van der Waals surface area contributed by atoms with Crippen molar-refractivity contribution in [1.82, 2.24) is 4.90 Å². The lowest BCUT2D eigenvalue weighted by Gasteiger charge is -2.29. The smallest absolute Gasteiger partial charge is 0.253 e. The number of carbonyl (C=O) groups is 1. The van der Waals surface area contributed by atoms with Crippen molar-refractivity contribution in [2.24, 2.45) is 0 Å². The molecule has 1 aromatic carbocycles. The Kier molecular flexibility index (Phi) is 5.07. The van der Waals surface area contributed by atoms with Crippen molar-refractivity contribution in [2.45, 2.75) is 37.9 Å². The minimum atomic E-state index is -0.0572. The summed E-state index contributed by atoms with van der Waals surface area (Å²) in [5, 5.41) is 0. The maximum atomic E-state index is 12.0. The molecule has 0 heterocycles. The first-order chi connectivity index (χ1) is 10.0. The van der Waals surface area contributed by atoms with Crippen LogP contribution in [0, 0.1) is 0 Å². The number of hydrogen-bond acceptors (Lipinski definition) is 4. The number of methoxy groups -OCH3 is 1. The minimum absolute atomic E-state index is 0.0572. The number of nitrogens with two attached hydrogens (primary N) is 1. The van der Waals surface area contributed by atoms with Gasteiger partial charge in [-0.25, -0.2) is 0 Å². The largest absolute Gasteiger partial charge is 0.488 e. The van der Waals surface area contributed by atoms with Crippen molar-refractivity contribution in [3.63, 3.8) is 0 Å². The number of benzene rings is 1. The molecule has 2 N–H and O–H groups in total. The van der Waals surface area contributed by atoms with Crippen LogP contribution in [0.2, 0.25) is 0 Å². The van der Waals surface area contributed by atoms with Crippen LogP contribution in [0.4, 0.5) is 5.69 Å². The van der Waals surface area contributed by atoms with E-state index in [2.05, 4.69) is 0 Å². The van der Waals surface area contributed by atoms with Crippen LogP contribution in [0.15, 0.2) is 18.2 Å². The SMILES string of the molecule is COC1CCCC(Oc2cc(C(=O)N(C)C)ccc2N)C1. The highest BCUT2D eigenvalue weighted by atomic mass is 16.5. The van der Waals surface area contributed by atoms with E-state index in [0.29, 0.717) is 17.0 Å². The van der Waals surface area contributed by atoms with Gasteiger partial charge >= 0.3 is 0 Å². The van der Waals surface area contributed by atoms with Gasteiger partial charge < -0.3 is 20.1 Å². The number of amides is 1. The molecule has 21 heavy (non-hydrogen) atoms. The molecule has 0 radical (unpaired) electrons. The highest BCUT2D eigenvalue weighted by Crippen LogP contribution is 2.29. The van der Waals surface area contributed by atoms with Gasteiger partial charge in [0.1, 0.15) is 11.9 Å². The van der Waals surface area contributed by atoms with Crippen molar-refractivity contribution in [3.8, 4) is 5.75 Å². The van der Waals surface area contributed by atoms with Gasteiger partial charge in [-0.15, -0.1) is 0 Å². The average molecular weight is 292 g/mol. The van der Waals surface area contributed by atoms with Gasteiger partial charge in [0, 0.05) is 33.2 Å². The number of carbonyl (C=O) groups excluding carboxylic acids is 1. The summed E-state index contributed by atoms with van der Waals surface area (Å²) in [7, 11) is 5.19. The first kappa shape index (κ1) is 15.6. The second-order valence-electron chi connectivity index (χ2n) is 5.72. The molecule has 1 amide bonds. The fourth-order valence-electron chi connectivity index (χ4n) is 2.63. The van der Waals surface area contributed by atoms with E-state index in [1.54, 1.807) is 39.4 Å². The number of rotatable bonds is 4. The van der Waals surface area contributed by atoms with Gasteiger partial charge in [-0.05, 0) is 37.5 Å². The Balaban J connectivity index is 2.12. The van der Waals surface area contributed by atoms with Gasteiger partial charge in [-0.2, -0.15) is 0 Å². The maximum Gasteiger partial charge on any atom is 0.253 e. The molecule has 0 aromatic heterocycles. The first-order valence-electron chi connectivity index (χ1n) is 7.32. The standard InChI is InChI=1S/C16H24N2O3/c1-18(2)16(19)11-7-8-14(17)15(9-11)21-13-6-4-5-12(10-13)20-3/h7-9,12-13H,4-6,10,17H2,1-3H3. The Morgan fingerprint density at radius 2 is 2.00 bits per heavy atom. The molecule has 0 bridgehead atoms. The Hall–Kier alpha value is -1.75. The number of hydrogen-bond donors (Lipinski definition) is 1. The Bertz CT molecular complexity index is 502. The lowest BCUT2D eigenvalue weighted by atomic mass is 9.95. The van der Waals surface area contributed by atoms with Gasteiger partial charge in [-0.3, -0.25) is 4.79 Å². The van der Waals surface area contributed by atoms with Crippen LogP contribution >= 0.6 is 0 Å². The molecule has 1 aliphatic rings. The van der Waals surface area contributed by atoms with Crippen LogP contribution in [-0.2, 0) is 4.74 Å². The summed E-state index contributed by atoms with van der Waals surface area (Å²) >= 11 is 0. The number of anilines is 1. The van der Waals surface area contributed by atoms with Crippen LogP contribution in [0.1, 0.15) is 36.0 Å². The maximum absolute atomic E-state index is 12.0. The fraction of sp³-hybridized carbons (Fsp3) is 0.562. The molecule has 2 unspecified atom stereocenters. The Labute approximate surface area is 126 Å². The van der Waals surface area contributed by atoms with E-state index in [1.165, 1.54) is 4.90 Å². The Morgan fingerprint density at radius 3 is 2.67 bits per heavy atom. The summed E-state index contributed by atoms with van der Waals surface area (Å²) in [4.78, 5) is 13.5. The topological polar surface area (TPSA) is 64.8 Å². The molecule has 2 rings (SSSR count). The molecule has 1 fully saturated rings. The van der Waals surface area contributed by atoms with Gasteiger partial charge in [0.2, 0.25) is 0 Å². The molecule has 0 spiro atoms. The van der Waals surface area contributed by atoms with E-state index >= 15 is 0 Å². The summed E-state index contributed by atoms with van der Waals surface area (Å²) in [5.41, 5.74) is 7.12. The predicted octanol–water partition coefficient (Wildman–Crippen LogP) is 2.31. The second-order valence-corrected chi connectivity index (χ2v) is 5.72. The zero-order valence-electron chi connectivity index (χ0n) is 13.0. The normalized spacial score (nSPS) is 21.9. The van der Waals surface area contributed by atoms with Crippen LogP contribution in [0.5, 0.6) is 5.75 Å². The van der Waals surface area contributed by atoms with Crippen molar-refractivity contribution in [1.29, 1.82) is 0 Å².